The zero-order valence-electron chi connectivity index (χ0n) is 16.0. The maximum Gasteiger partial charge on any atom is 0.279 e. The molecule has 1 N–H and O–H groups in total. The topological polar surface area (TPSA) is 79.6 Å². The van der Waals surface area contributed by atoms with Crippen molar-refractivity contribution in [1.29, 1.82) is 0 Å². The number of hydrazine groups is 1. The highest BCUT2D eigenvalue weighted by molar-refractivity contribution is 6.33. The zero-order chi connectivity index (χ0) is 21.3. The Morgan fingerprint density at radius 2 is 1.72 bits per heavy atom. The zero-order valence-corrected chi connectivity index (χ0v) is 17.5. The van der Waals surface area contributed by atoms with Crippen LogP contribution >= 0.6 is 23.2 Å². The van der Waals surface area contributed by atoms with E-state index in [4.69, 9.17) is 27.6 Å². The van der Waals surface area contributed by atoms with Gasteiger partial charge in [-0.1, -0.05) is 35.3 Å². The number of halogens is 2. The summed E-state index contributed by atoms with van der Waals surface area (Å²) in [7, 11) is 0. The van der Waals surface area contributed by atoms with Crippen LogP contribution in [0, 0.1) is 0 Å². The molecule has 0 atom stereocenters. The Balaban J connectivity index is 2.02. The molecule has 0 saturated carbocycles. The molecule has 0 fully saturated rings. The smallest absolute Gasteiger partial charge is 0.279 e. The van der Waals surface area contributed by atoms with Crippen molar-refractivity contribution in [2.24, 2.45) is 0 Å². The van der Waals surface area contributed by atoms with Crippen LogP contribution in [0.4, 0.5) is 0 Å². The summed E-state index contributed by atoms with van der Waals surface area (Å²) < 4.78 is 5.43. The SMILES string of the molecule is CC(C)(C)N(NC(=O)c1ccccc1Cl)C(=O)c1coc2ccc(Cl)cc2c1=O. The number of carbonyl (C=O) groups excluding carboxylic acids is 2. The Kier molecular flexibility index (Phi) is 5.68. The monoisotopic (exact) mass is 432 g/mol. The van der Waals surface area contributed by atoms with E-state index in [1.165, 1.54) is 12.1 Å². The molecule has 29 heavy (non-hydrogen) atoms. The molecule has 150 valence electrons. The second kappa shape index (κ2) is 7.89. The lowest BCUT2D eigenvalue weighted by Gasteiger charge is -2.35. The van der Waals surface area contributed by atoms with Gasteiger partial charge < -0.3 is 4.42 Å². The maximum absolute atomic E-state index is 13.2. The summed E-state index contributed by atoms with van der Waals surface area (Å²) >= 11 is 12.0. The third kappa shape index (κ3) is 4.28. The van der Waals surface area contributed by atoms with Crippen molar-refractivity contribution in [1.82, 2.24) is 10.4 Å². The molecule has 2 amide bonds. The Labute approximate surface area is 177 Å². The van der Waals surface area contributed by atoms with E-state index in [2.05, 4.69) is 5.43 Å². The second-order valence-electron chi connectivity index (χ2n) is 7.35. The van der Waals surface area contributed by atoms with E-state index in [1.807, 2.05) is 0 Å². The van der Waals surface area contributed by atoms with Gasteiger partial charge >= 0.3 is 0 Å². The lowest BCUT2D eigenvalue weighted by molar-refractivity contribution is 0.0356. The summed E-state index contributed by atoms with van der Waals surface area (Å²) in [5.74, 6) is -1.29. The first kappa shape index (κ1) is 20.9. The molecule has 6 nitrogen and oxygen atoms in total. The molecule has 8 heteroatoms. The second-order valence-corrected chi connectivity index (χ2v) is 8.19. The summed E-state index contributed by atoms with van der Waals surface area (Å²) in [6.07, 6.45) is 1.08. The highest BCUT2D eigenvalue weighted by Gasteiger charge is 2.32. The van der Waals surface area contributed by atoms with Crippen LogP contribution in [0.2, 0.25) is 10.0 Å². The predicted molar refractivity (Wildman–Crippen MR) is 112 cm³/mol. The Bertz CT molecular complexity index is 1170. The van der Waals surface area contributed by atoms with Gasteiger partial charge in [-0.15, -0.1) is 0 Å². The average Bonchev–Trinajstić information content (AvgIpc) is 2.65. The molecular weight excluding hydrogens is 415 g/mol. The van der Waals surface area contributed by atoms with Crippen LogP contribution in [-0.2, 0) is 0 Å². The predicted octanol–water partition coefficient (Wildman–Crippen LogP) is 4.69. The van der Waals surface area contributed by atoms with Crippen LogP contribution in [0.15, 0.2) is 57.9 Å². The van der Waals surface area contributed by atoms with Crippen molar-refractivity contribution >= 4 is 46.0 Å². The largest absolute Gasteiger partial charge is 0.463 e. The van der Waals surface area contributed by atoms with Gasteiger partial charge in [0, 0.05) is 5.02 Å². The van der Waals surface area contributed by atoms with Crippen LogP contribution in [0.3, 0.4) is 0 Å². The van der Waals surface area contributed by atoms with Crippen LogP contribution in [0.1, 0.15) is 41.5 Å². The molecule has 0 aliphatic carbocycles. The quantitative estimate of drug-likeness (QED) is 0.595. The van der Waals surface area contributed by atoms with Gasteiger partial charge in [0.15, 0.2) is 0 Å². The highest BCUT2D eigenvalue weighted by atomic mass is 35.5. The van der Waals surface area contributed by atoms with E-state index in [0.717, 1.165) is 11.3 Å². The lowest BCUT2D eigenvalue weighted by Crippen LogP contribution is -2.56. The summed E-state index contributed by atoms with van der Waals surface area (Å²) in [5.41, 5.74) is 1.45. The highest BCUT2D eigenvalue weighted by Crippen LogP contribution is 2.20. The molecule has 1 aromatic heterocycles. The van der Waals surface area contributed by atoms with Crippen molar-refractivity contribution in [3.63, 3.8) is 0 Å². The molecule has 0 unspecified atom stereocenters. The molecule has 0 spiro atoms. The summed E-state index contributed by atoms with van der Waals surface area (Å²) in [4.78, 5) is 38.7. The fourth-order valence-electron chi connectivity index (χ4n) is 2.70. The number of benzene rings is 2. The van der Waals surface area contributed by atoms with Gasteiger partial charge in [-0.3, -0.25) is 19.8 Å². The lowest BCUT2D eigenvalue weighted by atomic mass is 10.1. The van der Waals surface area contributed by atoms with Crippen molar-refractivity contribution in [3.8, 4) is 0 Å². The number of hydrogen-bond donors (Lipinski definition) is 1. The minimum Gasteiger partial charge on any atom is -0.463 e. The molecule has 3 aromatic rings. The number of carbonyl (C=O) groups is 2. The Hall–Kier alpha value is -2.83. The molecule has 0 aliphatic rings. The first-order valence-electron chi connectivity index (χ1n) is 8.71. The molecule has 0 radical (unpaired) electrons. The normalized spacial score (nSPS) is 11.3. The fourth-order valence-corrected chi connectivity index (χ4v) is 3.10. The molecule has 1 heterocycles. The van der Waals surface area contributed by atoms with E-state index < -0.39 is 22.8 Å². The number of amides is 2. The van der Waals surface area contributed by atoms with Gasteiger partial charge in [0.05, 0.1) is 21.5 Å². The Morgan fingerprint density at radius 3 is 2.38 bits per heavy atom. The summed E-state index contributed by atoms with van der Waals surface area (Å²) in [6.45, 7) is 5.16. The van der Waals surface area contributed by atoms with Gasteiger partial charge in [0.2, 0.25) is 5.43 Å². The summed E-state index contributed by atoms with van der Waals surface area (Å²) in [6, 6.07) is 11.0. The molecule has 0 aliphatic heterocycles. The first-order chi connectivity index (χ1) is 13.6. The van der Waals surface area contributed by atoms with E-state index in [-0.39, 0.29) is 21.5 Å². The van der Waals surface area contributed by atoms with Gasteiger partial charge in [-0.25, -0.2) is 5.01 Å². The standard InChI is InChI=1S/C21H18Cl2N2O4/c1-21(2,3)25(24-19(27)13-6-4-5-7-16(13)23)20(28)15-11-29-17-9-8-12(22)10-14(17)18(15)26/h4-11H,1-3H3,(H,24,27). The van der Waals surface area contributed by atoms with Crippen molar-refractivity contribution in [2.45, 2.75) is 26.3 Å². The van der Waals surface area contributed by atoms with Crippen LogP contribution < -0.4 is 10.9 Å². The van der Waals surface area contributed by atoms with Crippen LogP contribution in [0.5, 0.6) is 0 Å². The van der Waals surface area contributed by atoms with E-state index in [1.54, 1.807) is 51.1 Å². The number of fused-ring (bicyclic) bond motifs is 1. The van der Waals surface area contributed by atoms with E-state index >= 15 is 0 Å². The van der Waals surface area contributed by atoms with Crippen LogP contribution in [0.25, 0.3) is 11.0 Å². The molecule has 3 rings (SSSR count). The third-order valence-electron chi connectivity index (χ3n) is 4.17. The van der Waals surface area contributed by atoms with Gasteiger partial charge in [-0.05, 0) is 51.1 Å². The number of hydrogen-bond acceptors (Lipinski definition) is 4. The van der Waals surface area contributed by atoms with Crippen LogP contribution in [-0.4, -0.2) is 22.4 Å². The van der Waals surface area contributed by atoms with Crippen molar-refractivity contribution in [3.05, 3.63) is 80.1 Å². The molecular formula is C21H18Cl2N2O4. The number of rotatable bonds is 2. The van der Waals surface area contributed by atoms with Gasteiger partial charge in [-0.2, -0.15) is 0 Å². The van der Waals surface area contributed by atoms with E-state index in [9.17, 15) is 14.4 Å². The molecule has 0 bridgehead atoms. The average molecular weight is 433 g/mol. The summed E-state index contributed by atoms with van der Waals surface area (Å²) in [5, 5.41) is 1.84. The minimum atomic E-state index is -0.844. The Morgan fingerprint density at radius 1 is 1.03 bits per heavy atom. The van der Waals surface area contributed by atoms with Crippen molar-refractivity contribution in [2.75, 3.05) is 0 Å². The van der Waals surface area contributed by atoms with Gasteiger partial charge in [0.25, 0.3) is 11.8 Å². The molecule has 0 saturated heterocycles. The van der Waals surface area contributed by atoms with E-state index in [0.29, 0.717) is 10.6 Å². The number of nitrogens with zero attached hydrogens (tertiary/aromatic N) is 1. The van der Waals surface area contributed by atoms with Crippen molar-refractivity contribution < 1.29 is 14.0 Å². The maximum atomic E-state index is 13.2. The van der Waals surface area contributed by atoms with Gasteiger partial charge in [0.1, 0.15) is 17.4 Å². The first-order valence-corrected chi connectivity index (χ1v) is 9.46. The third-order valence-corrected chi connectivity index (χ3v) is 4.74. The fraction of sp³-hybridized carbons (Fsp3) is 0.190. The molecule has 2 aromatic carbocycles. The number of nitrogens with one attached hydrogen (secondary N) is 1. The minimum absolute atomic E-state index is 0.176.